The molecule has 0 bridgehead atoms. The SMILES string of the molecule is CCCCOc1cccc(C(=O)NCc2ccc(Cl)cc2Cl)c1. The number of rotatable bonds is 7. The van der Waals surface area contributed by atoms with Crippen LogP contribution in [0.2, 0.25) is 10.0 Å². The average molecular weight is 352 g/mol. The van der Waals surface area contributed by atoms with Gasteiger partial charge in [-0.25, -0.2) is 0 Å². The van der Waals surface area contributed by atoms with Crippen LogP contribution < -0.4 is 10.1 Å². The third kappa shape index (κ3) is 5.45. The van der Waals surface area contributed by atoms with Crippen LogP contribution >= 0.6 is 23.2 Å². The summed E-state index contributed by atoms with van der Waals surface area (Å²) in [5, 5.41) is 3.96. The van der Waals surface area contributed by atoms with Crippen molar-refractivity contribution < 1.29 is 9.53 Å². The van der Waals surface area contributed by atoms with Crippen molar-refractivity contribution >= 4 is 29.1 Å². The molecule has 0 unspecified atom stereocenters. The number of benzene rings is 2. The van der Waals surface area contributed by atoms with Crippen LogP contribution in [0.5, 0.6) is 5.75 Å². The van der Waals surface area contributed by atoms with Crippen LogP contribution in [0.25, 0.3) is 0 Å². The number of ether oxygens (including phenoxy) is 1. The molecule has 0 aliphatic rings. The van der Waals surface area contributed by atoms with Gasteiger partial charge in [-0.1, -0.05) is 48.7 Å². The Morgan fingerprint density at radius 3 is 2.74 bits per heavy atom. The summed E-state index contributed by atoms with van der Waals surface area (Å²) in [6, 6.07) is 12.4. The van der Waals surface area contributed by atoms with Gasteiger partial charge in [-0.15, -0.1) is 0 Å². The Labute approximate surface area is 146 Å². The number of carbonyl (C=O) groups excluding carboxylic acids is 1. The molecule has 1 N–H and O–H groups in total. The minimum absolute atomic E-state index is 0.169. The van der Waals surface area contributed by atoms with Gasteiger partial charge in [-0.2, -0.15) is 0 Å². The molecule has 0 spiro atoms. The van der Waals surface area contributed by atoms with E-state index in [0.717, 1.165) is 18.4 Å². The van der Waals surface area contributed by atoms with Crippen molar-refractivity contribution in [1.82, 2.24) is 5.32 Å². The molecule has 0 aliphatic carbocycles. The molecule has 0 saturated heterocycles. The Morgan fingerprint density at radius 1 is 1.17 bits per heavy atom. The predicted molar refractivity (Wildman–Crippen MR) is 94.5 cm³/mol. The second kappa shape index (κ2) is 8.80. The van der Waals surface area contributed by atoms with Crippen LogP contribution in [0.1, 0.15) is 35.7 Å². The van der Waals surface area contributed by atoms with Crippen LogP contribution in [0.3, 0.4) is 0 Å². The Morgan fingerprint density at radius 2 is 2.00 bits per heavy atom. The van der Waals surface area contributed by atoms with Crippen LogP contribution in [0.15, 0.2) is 42.5 Å². The summed E-state index contributed by atoms with van der Waals surface area (Å²) in [4.78, 5) is 12.2. The maximum absolute atomic E-state index is 12.2. The molecule has 0 aromatic heterocycles. The largest absolute Gasteiger partial charge is 0.494 e. The Kier molecular flexibility index (Phi) is 6.75. The third-order valence-electron chi connectivity index (χ3n) is 3.32. The van der Waals surface area contributed by atoms with Gasteiger partial charge in [-0.3, -0.25) is 4.79 Å². The maximum Gasteiger partial charge on any atom is 0.251 e. The first-order chi connectivity index (χ1) is 11.1. The van der Waals surface area contributed by atoms with Crippen molar-refractivity contribution in [2.45, 2.75) is 26.3 Å². The highest BCUT2D eigenvalue weighted by Gasteiger charge is 2.08. The summed E-state index contributed by atoms with van der Waals surface area (Å²) in [7, 11) is 0. The van der Waals surface area contributed by atoms with E-state index in [0.29, 0.717) is 34.5 Å². The Bertz CT molecular complexity index is 674. The summed E-state index contributed by atoms with van der Waals surface area (Å²) in [6.07, 6.45) is 2.06. The second-order valence-corrected chi connectivity index (χ2v) is 5.99. The van der Waals surface area contributed by atoms with Gasteiger partial charge in [-0.05, 0) is 42.3 Å². The second-order valence-electron chi connectivity index (χ2n) is 5.15. The lowest BCUT2D eigenvalue weighted by molar-refractivity contribution is 0.0950. The van der Waals surface area contributed by atoms with Gasteiger partial charge < -0.3 is 10.1 Å². The van der Waals surface area contributed by atoms with Gasteiger partial charge in [0, 0.05) is 22.2 Å². The van der Waals surface area contributed by atoms with Crippen LogP contribution in [0, 0.1) is 0 Å². The van der Waals surface area contributed by atoms with Gasteiger partial charge in [0.05, 0.1) is 6.61 Å². The maximum atomic E-state index is 12.2. The van der Waals surface area contributed by atoms with E-state index >= 15 is 0 Å². The van der Waals surface area contributed by atoms with Crippen molar-refractivity contribution in [3.63, 3.8) is 0 Å². The molecule has 122 valence electrons. The number of halogens is 2. The number of hydrogen-bond acceptors (Lipinski definition) is 2. The molecular formula is C18H19Cl2NO2. The van der Waals surface area contributed by atoms with E-state index in [4.69, 9.17) is 27.9 Å². The normalized spacial score (nSPS) is 10.4. The van der Waals surface area contributed by atoms with E-state index in [-0.39, 0.29) is 5.91 Å². The van der Waals surface area contributed by atoms with Crippen molar-refractivity contribution in [1.29, 1.82) is 0 Å². The number of amides is 1. The standard InChI is InChI=1S/C18H19Cl2NO2/c1-2-3-9-23-16-6-4-5-13(10-16)18(22)21-12-14-7-8-15(19)11-17(14)20/h4-8,10-11H,2-3,9,12H2,1H3,(H,21,22). The average Bonchev–Trinajstić information content (AvgIpc) is 2.54. The molecule has 0 aliphatic heterocycles. The summed E-state index contributed by atoms with van der Waals surface area (Å²) < 4.78 is 5.62. The highest BCUT2D eigenvalue weighted by atomic mass is 35.5. The quantitative estimate of drug-likeness (QED) is 0.704. The highest BCUT2D eigenvalue weighted by Crippen LogP contribution is 2.21. The molecule has 1 amide bonds. The molecule has 0 saturated carbocycles. The number of carbonyl (C=O) groups is 1. The van der Waals surface area contributed by atoms with Crippen molar-refractivity contribution in [2.24, 2.45) is 0 Å². The molecule has 0 heterocycles. The van der Waals surface area contributed by atoms with Gasteiger partial charge in [0.15, 0.2) is 0 Å². The lowest BCUT2D eigenvalue weighted by Crippen LogP contribution is -2.22. The van der Waals surface area contributed by atoms with E-state index in [9.17, 15) is 4.79 Å². The van der Waals surface area contributed by atoms with Gasteiger partial charge in [0.2, 0.25) is 0 Å². The Hall–Kier alpha value is -1.71. The number of hydrogen-bond donors (Lipinski definition) is 1. The highest BCUT2D eigenvalue weighted by molar-refractivity contribution is 6.35. The summed E-state index contributed by atoms with van der Waals surface area (Å²) >= 11 is 12.0. The van der Waals surface area contributed by atoms with E-state index in [1.165, 1.54) is 0 Å². The minimum Gasteiger partial charge on any atom is -0.494 e. The molecule has 2 rings (SSSR count). The van der Waals surface area contributed by atoms with Crippen molar-refractivity contribution in [2.75, 3.05) is 6.61 Å². The molecule has 2 aromatic rings. The topological polar surface area (TPSA) is 38.3 Å². The van der Waals surface area contributed by atoms with E-state index in [1.54, 1.807) is 30.3 Å². The van der Waals surface area contributed by atoms with Crippen molar-refractivity contribution in [3.05, 3.63) is 63.6 Å². The molecule has 0 atom stereocenters. The van der Waals surface area contributed by atoms with Crippen LogP contribution in [-0.4, -0.2) is 12.5 Å². The lowest BCUT2D eigenvalue weighted by Gasteiger charge is -2.09. The third-order valence-corrected chi connectivity index (χ3v) is 3.90. The summed E-state index contributed by atoms with van der Waals surface area (Å²) in [5.74, 6) is 0.535. The first-order valence-electron chi connectivity index (χ1n) is 7.55. The zero-order chi connectivity index (χ0) is 16.7. The number of nitrogens with one attached hydrogen (secondary N) is 1. The van der Waals surface area contributed by atoms with Gasteiger partial charge >= 0.3 is 0 Å². The molecule has 5 heteroatoms. The molecule has 0 fully saturated rings. The summed E-state index contributed by atoms with van der Waals surface area (Å²) in [6.45, 7) is 3.10. The molecule has 23 heavy (non-hydrogen) atoms. The zero-order valence-electron chi connectivity index (χ0n) is 12.9. The summed E-state index contributed by atoms with van der Waals surface area (Å²) in [5.41, 5.74) is 1.38. The predicted octanol–water partition coefficient (Wildman–Crippen LogP) is 5.10. The number of unbranched alkanes of at least 4 members (excludes halogenated alkanes) is 1. The van der Waals surface area contributed by atoms with E-state index < -0.39 is 0 Å². The van der Waals surface area contributed by atoms with Crippen LogP contribution in [-0.2, 0) is 6.54 Å². The first kappa shape index (κ1) is 17.6. The lowest BCUT2D eigenvalue weighted by atomic mass is 10.2. The Balaban J connectivity index is 1.96. The fraction of sp³-hybridized carbons (Fsp3) is 0.278. The molecule has 2 aromatic carbocycles. The monoisotopic (exact) mass is 351 g/mol. The van der Waals surface area contributed by atoms with Crippen LogP contribution in [0.4, 0.5) is 0 Å². The van der Waals surface area contributed by atoms with E-state index in [1.807, 2.05) is 12.1 Å². The zero-order valence-corrected chi connectivity index (χ0v) is 14.5. The van der Waals surface area contributed by atoms with Gasteiger partial charge in [0.1, 0.15) is 5.75 Å². The smallest absolute Gasteiger partial charge is 0.251 e. The fourth-order valence-corrected chi connectivity index (χ4v) is 2.48. The molecule has 0 radical (unpaired) electrons. The van der Waals surface area contributed by atoms with Gasteiger partial charge in [0.25, 0.3) is 5.91 Å². The van der Waals surface area contributed by atoms with E-state index in [2.05, 4.69) is 12.2 Å². The fourth-order valence-electron chi connectivity index (χ4n) is 2.00. The first-order valence-corrected chi connectivity index (χ1v) is 8.30. The minimum atomic E-state index is -0.169. The molecular weight excluding hydrogens is 333 g/mol. The van der Waals surface area contributed by atoms with Crippen molar-refractivity contribution in [3.8, 4) is 5.75 Å². The molecule has 3 nitrogen and oxygen atoms in total.